The molecule has 1 atom stereocenters. The number of hydrogen-bond donors (Lipinski definition) is 0. The van der Waals surface area contributed by atoms with Crippen LogP contribution in [-0.4, -0.2) is 39.5 Å². The summed E-state index contributed by atoms with van der Waals surface area (Å²) >= 11 is 0. The minimum absolute atomic E-state index is 0.0607. The quantitative estimate of drug-likeness (QED) is 0.668. The van der Waals surface area contributed by atoms with Crippen molar-refractivity contribution in [3.8, 4) is 11.4 Å². The minimum Gasteiger partial charge on any atom is -0.361 e. The maximum Gasteiger partial charge on any atom is 0.405 e. The van der Waals surface area contributed by atoms with E-state index in [1.807, 2.05) is 6.92 Å². The van der Waals surface area contributed by atoms with Gasteiger partial charge in [0.15, 0.2) is 5.41 Å². The van der Waals surface area contributed by atoms with Gasteiger partial charge in [-0.3, -0.25) is 0 Å². The van der Waals surface area contributed by atoms with Gasteiger partial charge >= 0.3 is 6.18 Å². The molecule has 28 heavy (non-hydrogen) atoms. The summed E-state index contributed by atoms with van der Waals surface area (Å²) in [5.41, 5.74) is -1.20. The molecule has 148 valence electrons. The normalized spacial score (nSPS) is 20.1. The van der Waals surface area contributed by atoms with Crippen molar-refractivity contribution >= 4 is 5.82 Å². The van der Waals surface area contributed by atoms with E-state index in [-0.39, 0.29) is 25.3 Å². The van der Waals surface area contributed by atoms with Crippen LogP contribution in [-0.2, 0) is 11.8 Å². The zero-order valence-electron chi connectivity index (χ0n) is 15.3. The van der Waals surface area contributed by atoms with E-state index < -0.39 is 17.5 Å². The number of rotatable bonds is 4. The monoisotopic (exact) mass is 393 g/mol. The van der Waals surface area contributed by atoms with Crippen molar-refractivity contribution in [1.29, 1.82) is 0 Å². The molecule has 0 saturated carbocycles. The molecule has 3 aromatic rings. The molecule has 0 N–H and O–H groups in total. The van der Waals surface area contributed by atoms with Crippen LogP contribution in [0.5, 0.6) is 0 Å². The molecule has 7 nitrogen and oxygen atoms in total. The molecule has 1 unspecified atom stereocenters. The lowest BCUT2D eigenvalue weighted by Gasteiger charge is -2.28. The van der Waals surface area contributed by atoms with E-state index in [0.717, 1.165) is 0 Å². The fourth-order valence-corrected chi connectivity index (χ4v) is 3.54. The first-order valence-corrected chi connectivity index (χ1v) is 8.88. The topological polar surface area (TPSA) is 81.1 Å². The summed E-state index contributed by atoms with van der Waals surface area (Å²) in [7, 11) is 0. The van der Waals surface area contributed by atoms with Crippen LogP contribution >= 0.6 is 0 Å². The average Bonchev–Trinajstić information content (AvgIpc) is 3.39. The van der Waals surface area contributed by atoms with Crippen LogP contribution in [0.25, 0.3) is 11.4 Å². The summed E-state index contributed by atoms with van der Waals surface area (Å²) in [6.45, 7) is 3.37. The molecule has 1 aliphatic heterocycles. The Balaban J connectivity index is 1.73. The van der Waals surface area contributed by atoms with Gasteiger partial charge in [-0.15, -0.1) is 0 Å². The molecule has 3 aromatic heterocycles. The van der Waals surface area contributed by atoms with Crippen molar-refractivity contribution < 1.29 is 22.2 Å². The Hall–Kier alpha value is -2.91. The van der Waals surface area contributed by atoms with E-state index in [2.05, 4.69) is 20.3 Å². The third-order valence-corrected chi connectivity index (χ3v) is 5.11. The van der Waals surface area contributed by atoms with Gasteiger partial charge < -0.3 is 13.9 Å². The Kier molecular flexibility index (Phi) is 4.35. The Morgan fingerprint density at radius 1 is 1.21 bits per heavy atom. The van der Waals surface area contributed by atoms with Crippen LogP contribution in [0.4, 0.5) is 19.0 Å². The third-order valence-electron chi connectivity index (χ3n) is 5.11. The number of aromatic nitrogens is 4. The molecule has 0 bridgehead atoms. The van der Waals surface area contributed by atoms with Crippen LogP contribution in [0.3, 0.4) is 0 Å². The first-order chi connectivity index (χ1) is 13.4. The largest absolute Gasteiger partial charge is 0.405 e. The van der Waals surface area contributed by atoms with Crippen LogP contribution in [0.15, 0.2) is 33.4 Å². The van der Waals surface area contributed by atoms with Crippen molar-refractivity contribution in [3.63, 3.8) is 0 Å². The average molecular weight is 393 g/mol. The summed E-state index contributed by atoms with van der Waals surface area (Å²) in [6.07, 6.45) is -2.67. The standard InChI is InChI=1S/C18H18F3N5O2/c1-3-12-14(11(2)27-24-12)15-23-16(28-25-15)17(18(19,20)21)7-9-26(10-17)13-6-4-5-8-22-13/h4-6,8H,3,7,9-10H2,1-2H3. The second-order valence-electron chi connectivity index (χ2n) is 6.78. The number of aryl methyl sites for hydroxylation is 2. The van der Waals surface area contributed by atoms with Gasteiger partial charge in [-0.2, -0.15) is 18.2 Å². The van der Waals surface area contributed by atoms with Crippen molar-refractivity contribution in [3.05, 3.63) is 41.7 Å². The van der Waals surface area contributed by atoms with Gasteiger partial charge in [0.2, 0.25) is 11.7 Å². The van der Waals surface area contributed by atoms with E-state index >= 15 is 0 Å². The number of alkyl halides is 3. The molecule has 4 heterocycles. The number of anilines is 1. The molecule has 10 heteroatoms. The minimum atomic E-state index is -4.56. The van der Waals surface area contributed by atoms with Gasteiger partial charge in [0.1, 0.15) is 11.6 Å². The fraction of sp³-hybridized carbons (Fsp3) is 0.444. The number of pyridine rings is 1. The van der Waals surface area contributed by atoms with Gasteiger partial charge in [-0.05, 0) is 31.9 Å². The SMILES string of the molecule is CCc1noc(C)c1-c1noc(C2(C(F)(F)F)CCN(c3ccccn3)C2)n1. The first-order valence-electron chi connectivity index (χ1n) is 8.88. The Bertz CT molecular complexity index is 969. The predicted molar refractivity (Wildman–Crippen MR) is 92.7 cm³/mol. The number of hydrogen-bond acceptors (Lipinski definition) is 7. The lowest BCUT2D eigenvalue weighted by molar-refractivity contribution is -0.191. The zero-order valence-corrected chi connectivity index (χ0v) is 15.3. The summed E-state index contributed by atoms with van der Waals surface area (Å²) < 4.78 is 52.8. The Labute approximate surface area is 158 Å². The first kappa shape index (κ1) is 18.5. The van der Waals surface area contributed by atoms with E-state index in [9.17, 15) is 13.2 Å². The highest BCUT2D eigenvalue weighted by Gasteiger charge is 2.63. The lowest BCUT2D eigenvalue weighted by atomic mass is 9.86. The molecule has 0 aromatic carbocycles. The van der Waals surface area contributed by atoms with Gasteiger partial charge in [0.05, 0.1) is 11.3 Å². The second-order valence-corrected chi connectivity index (χ2v) is 6.78. The van der Waals surface area contributed by atoms with Crippen LogP contribution in [0, 0.1) is 6.92 Å². The van der Waals surface area contributed by atoms with E-state index in [1.165, 1.54) is 0 Å². The summed E-state index contributed by atoms with van der Waals surface area (Å²) in [6, 6.07) is 5.13. The van der Waals surface area contributed by atoms with Crippen molar-refractivity contribution in [2.75, 3.05) is 18.0 Å². The van der Waals surface area contributed by atoms with Crippen molar-refractivity contribution in [2.45, 2.75) is 38.3 Å². The summed E-state index contributed by atoms with van der Waals surface area (Å²) in [5, 5.41) is 7.71. The van der Waals surface area contributed by atoms with Crippen LogP contribution in [0.2, 0.25) is 0 Å². The lowest BCUT2D eigenvalue weighted by Crippen LogP contribution is -2.45. The molecular weight excluding hydrogens is 375 g/mol. The summed E-state index contributed by atoms with van der Waals surface area (Å²) in [5.74, 6) is 0.532. The Morgan fingerprint density at radius 3 is 2.71 bits per heavy atom. The van der Waals surface area contributed by atoms with Gasteiger partial charge in [0.25, 0.3) is 0 Å². The third kappa shape index (κ3) is 2.83. The highest BCUT2D eigenvalue weighted by molar-refractivity contribution is 5.60. The molecule has 0 radical (unpaired) electrons. The van der Waals surface area contributed by atoms with E-state index in [0.29, 0.717) is 29.3 Å². The van der Waals surface area contributed by atoms with Crippen LogP contribution in [0.1, 0.15) is 30.7 Å². The zero-order chi connectivity index (χ0) is 19.9. The molecular formula is C18H18F3N5O2. The summed E-state index contributed by atoms with van der Waals surface area (Å²) in [4.78, 5) is 9.86. The van der Waals surface area contributed by atoms with Crippen molar-refractivity contribution in [1.82, 2.24) is 20.3 Å². The highest BCUT2D eigenvalue weighted by Crippen LogP contribution is 2.48. The number of halogens is 3. The van der Waals surface area contributed by atoms with E-state index in [1.54, 1.807) is 36.2 Å². The molecule has 4 rings (SSSR count). The molecule has 0 spiro atoms. The van der Waals surface area contributed by atoms with Gasteiger partial charge in [0, 0.05) is 19.3 Å². The second kappa shape index (κ2) is 6.61. The van der Waals surface area contributed by atoms with Crippen LogP contribution < -0.4 is 4.90 Å². The van der Waals surface area contributed by atoms with E-state index in [4.69, 9.17) is 9.05 Å². The maximum atomic E-state index is 14.2. The smallest absolute Gasteiger partial charge is 0.361 e. The number of nitrogens with zero attached hydrogens (tertiary/aromatic N) is 5. The molecule has 0 aliphatic carbocycles. The fourth-order valence-electron chi connectivity index (χ4n) is 3.54. The molecule has 1 fully saturated rings. The van der Waals surface area contributed by atoms with Gasteiger partial charge in [-0.25, -0.2) is 4.98 Å². The molecule has 0 amide bonds. The Morgan fingerprint density at radius 2 is 2.04 bits per heavy atom. The maximum absolute atomic E-state index is 14.2. The predicted octanol–water partition coefficient (Wildman–Crippen LogP) is 3.70. The van der Waals surface area contributed by atoms with Gasteiger partial charge in [-0.1, -0.05) is 23.3 Å². The molecule has 1 aliphatic rings. The van der Waals surface area contributed by atoms with Crippen molar-refractivity contribution in [2.24, 2.45) is 0 Å². The highest BCUT2D eigenvalue weighted by atomic mass is 19.4. The molecule has 1 saturated heterocycles.